The molecule has 0 aliphatic heterocycles. The van der Waals surface area contributed by atoms with E-state index in [0.29, 0.717) is 6.42 Å². The van der Waals surface area contributed by atoms with Crippen LogP contribution in [0.4, 0.5) is 4.39 Å². The molecule has 1 amide bonds. The van der Waals surface area contributed by atoms with E-state index in [-0.39, 0.29) is 24.3 Å². The fourth-order valence-electron chi connectivity index (χ4n) is 1.45. The van der Waals surface area contributed by atoms with E-state index in [1.807, 2.05) is 0 Å². The summed E-state index contributed by atoms with van der Waals surface area (Å²) in [6, 6.07) is 3.28. The zero-order valence-electron chi connectivity index (χ0n) is 9.89. The molecule has 0 aliphatic rings. The fraction of sp³-hybridized carbons (Fsp3) is 0.333. The summed E-state index contributed by atoms with van der Waals surface area (Å²) >= 11 is 0. The van der Waals surface area contributed by atoms with Gasteiger partial charge in [-0.2, -0.15) is 0 Å². The highest BCUT2D eigenvalue weighted by Gasteiger charge is 2.16. The number of aromatic hydroxyl groups is 1. The molecule has 0 aromatic heterocycles. The first-order valence-electron chi connectivity index (χ1n) is 5.37. The van der Waals surface area contributed by atoms with E-state index in [1.54, 1.807) is 0 Å². The predicted octanol–water partition coefficient (Wildman–Crippen LogP) is 1.47. The van der Waals surface area contributed by atoms with Crippen molar-refractivity contribution < 1.29 is 24.2 Å². The highest BCUT2D eigenvalue weighted by atomic mass is 19.1. The summed E-state index contributed by atoms with van der Waals surface area (Å²) in [5.74, 6) is -2.53. The molecule has 5 nitrogen and oxygen atoms in total. The first kappa shape index (κ1) is 14.0. The number of carboxylic acid groups (broad SMARTS) is 1. The number of carboxylic acids is 1. The van der Waals surface area contributed by atoms with Crippen LogP contribution < -0.4 is 0 Å². The Kier molecular flexibility index (Phi) is 4.65. The van der Waals surface area contributed by atoms with Gasteiger partial charge in [0.05, 0.1) is 5.56 Å². The third-order valence-electron chi connectivity index (χ3n) is 2.41. The van der Waals surface area contributed by atoms with E-state index in [9.17, 15) is 14.0 Å². The van der Waals surface area contributed by atoms with Crippen molar-refractivity contribution in [3.8, 4) is 5.75 Å². The third-order valence-corrected chi connectivity index (χ3v) is 2.41. The maximum Gasteiger partial charge on any atom is 0.303 e. The molecule has 18 heavy (non-hydrogen) atoms. The number of halogens is 1. The SMILES string of the molecule is CN(CCCC(=O)O)C(=O)c1ccc(O)cc1F. The zero-order chi connectivity index (χ0) is 13.7. The van der Waals surface area contributed by atoms with Crippen LogP contribution in [-0.2, 0) is 4.79 Å². The standard InChI is InChI=1S/C12H14FNO4/c1-14(6-2-3-11(16)17)12(18)9-5-4-8(15)7-10(9)13/h4-5,7,15H,2-3,6H2,1H3,(H,16,17). The maximum atomic E-state index is 13.4. The largest absolute Gasteiger partial charge is 0.508 e. The Bertz CT molecular complexity index is 461. The number of carbonyl (C=O) groups excluding carboxylic acids is 1. The average molecular weight is 255 g/mol. The molecule has 0 atom stereocenters. The monoisotopic (exact) mass is 255 g/mol. The lowest BCUT2D eigenvalue weighted by Crippen LogP contribution is -2.28. The van der Waals surface area contributed by atoms with Gasteiger partial charge >= 0.3 is 5.97 Å². The lowest BCUT2D eigenvalue weighted by Gasteiger charge is -2.17. The lowest BCUT2D eigenvalue weighted by atomic mass is 10.1. The van der Waals surface area contributed by atoms with Crippen LogP contribution in [0.1, 0.15) is 23.2 Å². The van der Waals surface area contributed by atoms with Crippen LogP contribution in [0.15, 0.2) is 18.2 Å². The van der Waals surface area contributed by atoms with E-state index in [0.717, 1.165) is 6.07 Å². The van der Waals surface area contributed by atoms with Gasteiger partial charge in [-0.25, -0.2) is 4.39 Å². The molecule has 1 aromatic rings. The summed E-state index contributed by atoms with van der Waals surface area (Å²) in [6.07, 6.45) is 0.257. The summed E-state index contributed by atoms with van der Waals surface area (Å²) in [5, 5.41) is 17.5. The van der Waals surface area contributed by atoms with E-state index in [2.05, 4.69) is 0 Å². The van der Waals surface area contributed by atoms with E-state index in [4.69, 9.17) is 10.2 Å². The fourth-order valence-corrected chi connectivity index (χ4v) is 1.45. The van der Waals surface area contributed by atoms with E-state index < -0.39 is 17.7 Å². The summed E-state index contributed by atoms with van der Waals surface area (Å²) in [4.78, 5) is 23.4. The second-order valence-electron chi connectivity index (χ2n) is 3.89. The quantitative estimate of drug-likeness (QED) is 0.835. The number of amides is 1. The number of phenolic OH excluding ortho intramolecular Hbond substituents is 1. The van der Waals surface area contributed by atoms with Gasteiger partial charge in [-0.1, -0.05) is 0 Å². The van der Waals surface area contributed by atoms with Crippen molar-refractivity contribution in [1.29, 1.82) is 0 Å². The van der Waals surface area contributed by atoms with Crippen LogP contribution in [0, 0.1) is 5.82 Å². The number of benzene rings is 1. The first-order valence-corrected chi connectivity index (χ1v) is 5.37. The Hall–Kier alpha value is -2.11. The molecule has 0 saturated carbocycles. The van der Waals surface area contributed by atoms with E-state index >= 15 is 0 Å². The van der Waals surface area contributed by atoms with Crippen LogP contribution in [0.5, 0.6) is 5.75 Å². The van der Waals surface area contributed by atoms with Gasteiger partial charge < -0.3 is 15.1 Å². The van der Waals surface area contributed by atoms with Crippen LogP contribution in [0.3, 0.4) is 0 Å². The van der Waals surface area contributed by atoms with Gasteiger partial charge in [0.25, 0.3) is 5.91 Å². The van der Waals surface area contributed by atoms with Crippen LogP contribution in [-0.4, -0.2) is 40.6 Å². The molecule has 0 radical (unpaired) electrons. The predicted molar refractivity (Wildman–Crippen MR) is 61.9 cm³/mol. The number of hydrogen-bond donors (Lipinski definition) is 2. The van der Waals surface area contributed by atoms with Crippen molar-refractivity contribution in [3.05, 3.63) is 29.6 Å². The third kappa shape index (κ3) is 3.73. The van der Waals surface area contributed by atoms with E-state index in [1.165, 1.54) is 24.1 Å². The Labute approximate surface area is 103 Å². The van der Waals surface area contributed by atoms with Crippen LogP contribution in [0.2, 0.25) is 0 Å². The van der Waals surface area contributed by atoms with Gasteiger partial charge in [0.15, 0.2) is 0 Å². The topological polar surface area (TPSA) is 77.8 Å². The Morgan fingerprint density at radius 2 is 2.06 bits per heavy atom. The number of hydrogen-bond acceptors (Lipinski definition) is 3. The van der Waals surface area contributed by atoms with Crippen LogP contribution in [0.25, 0.3) is 0 Å². The molecule has 0 fully saturated rings. The first-order chi connectivity index (χ1) is 8.41. The molecule has 0 bridgehead atoms. The number of rotatable bonds is 5. The molecule has 0 saturated heterocycles. The molecular weight excluding hydrogens is 241 g/mol. The zero-order valence-corrected chi connectivity index (χ0v) is 9.89. The maximum absolute atomic E-state index is 13.4. The van der Waals surface area contributed by atoms with Crippen molar-refractivity contribution in [1.82, 2.24) is 4.90 Å². The summed E-state index contributed by atoms with van der Waals surface area (Å²) in [6.45, 7) is 0.228. The van der Waals surface area contributed by atoms with Crippen molar-refractivity contribution in [2.75, 3.05) is 13.6 Å². The van der Waals surface area contributed by atoms with Gasteiger partial charge in [-0.3, -0.25) is 9.59 Å². The average Bonchev–Trinajstić information content (AvgIpc) is 2.27. The number of carbonyl (C=O) groups is 2. The second-order valence-corrected chi connectivity index (χ2v) is 3.89. The molecule has 2 N–H and O–H groups in total. The molecule has 0 unspecified atom stereocenters. The Balaban J connectivity index is 2.65. The summed E-state index contributed by atoms with van der Waals surface area (Å²) < 4.78 is 13.4. The smallest absolute Gasteiger partial charge is 0.303 e. The highest BCUT2D eigenvalue weighted by Crippen LogP contribution is 2.16. The van der Waals surface area contributed by atoms with Gasteiger partial charge in [0.2, 0.25) is 0 Å². The molecule has 0 heterocycles. The molecule has 0 spiro atoms. The Morgan fingerprint density at radius 3 is 2.61 bits per heavy atom. The minimum absolute atomic E-state index is 0.0460. The summed E-state index contributed by atoms with van der Waals surface area (Å²) in [5.41, 5.74) is -0.148. The normalized spacial score (nSPS) is 10.1. The Morgan fingerprint density at radius 1 is 1.39 bits per heavy atom. The highest BCUT2D eigenvalue weighted by molar-refractivity contribution is 5.94. The molecule has 1 rings (SSSR count). The van der Waals surface area contributed by atoms with Crippen molar-refractivity contribution in [3.63, 3.8) is 0 Å². The van der Waals surface area contributed by atoms with Crippen molar-refractivity contribution >= 4 is 11.9 Å². The molecule has 98 valence electrons. The molecule has 1 aromatic carbocycles. The van der Waals surface area contributed by atoms with Crippen molar-refractivity contribution in [2.24, 2.45) is 0 Å². The summed E-state index contributed by atoms with van der Waals surface area (Å²) in [7, 11) is 1.47. The number of phenols is 1. The molecule has 0 aliphatic carbocycles. The second kappa shape index (κ2) is 6.00. The number of aliphatic carboxylic acids is 1. The lowest BCUT2D eigenvalue weighted by molar-refractivity contribution is -0.137. The van der Waals surface area contributed by atoms with Gasteiger partial charge in [-0.05, 0) is 18.6 Å². The number of nitrogens with zero attached hydrogens (tertiary/aromatic N) is 1. The minimum atomic E-state index is -0.938. The van der Waals surface area contributed by atoms with Crippen molar-refractivity contribution in [2.45, 2.75) is 12.8 Å². The molecule has 6 heteroatoms. The van der Waals surface area contributed by atoms with Gasteiger partial charge in [0, 0.05) is 26.1 Å². The van der Waals surface area contributed by atoms with Gasteiger partial charge in [-0.15, -0.1) is 0 Å². The van der Waals surface area contributed by atoms with Gasteiger partial charge in [0.1, 0.15) is 11.6 Å². The minimum Gasteiger partial charge on any atom is -0.508 e. The van der Waals surface area contributed by atoms with Crippen LogP contribution >= 0.6 is 0 Å². The molecular formula is C12H14FNO4.